The Morgan fingerprint density at radius 1 is 0.960 bits per heavy atom. The molecule has 25 heavy (non-hydrogen) atoms. The first kappa shape index (κ1) is 17.1. The minimum atomic E-state index is -1.14. The van der Waals surface area contributed by atoms with Gasteiger partial charge in [0, 0.05) is 18.2 Å². The number of hydrogen-bond donors (Lipinski definition) is 1. The summed E-state index contributed by atoms with van der Waals surface area (Å²) >= 11 is 0. The van der Waals surface area contributed by atoms with Gasteiger partial charge in [-0.1, -0.05) is 48.5 Å². The SMILES string of the molecule is COC(=O)c1cccc(C(O)OC)c1-c1ccc(C)c2ccccc12. The third-order valence-corrected chi connectivity index (χ3v) is 4.40. The van der Waals surface area contributed by atoms with Gasteiger partial charge >= 0.3 is 5.97 Å². The van der Waals surface area contributed by atoms with E-state index in [9.17, 15) is 9.90 Å². The van der Waals surface area contributed by atoms with Crippen LogP contribution >= 0.6 is 0 Å². The molecule has 0 aliphatic carbocycles. The zero-order valence-electron chi connectivity index (χ0n) is 14.4. The lowest BCUT2D eigenvalue weighted by atomic mass is 9.89. The van der Waals surface area contributed by atoms with Crippen LogP contribution in [-0.2, 0) is 9.47 Å². The maximum absolute atomic E-state index is 12.3. The summed E-state index contributed by atoms with van der Waals surface area (Å²) in [5.74, 6) is -0.454. The minimum Gasteiger partial charge on any atom is -0.465 e. The van der Waals surface area contributed by atoms with Crippen molar-refractivity contribution in [2.24, 2.45) is 0 Å². The Hall–Kier alpha value is -2.69. The van der Waals surface area contributed by atoms with E-state index in [1.165, 1.54) is 14.2 Å². The summed E-state index contributed by atoms with van der Waals surface area (Å²) in [5.41, 5.74) is 3.54. The maximum Gasteiger partial charge on any atom is 0.338 e. The molecule has 4 nitrogen and oxygen atoms in total. The number of aliphatic hydroxyl groups is 1. The highest BCUT2D eigenvalue weighted by molar-refractivity contribution is 6.05. The number of hydrogen-bond acceptors (Lipinski definition) is 4. The van der Waals surface area contributed by atoms with Crippen molar-refractivity contribution in [3.05, 3.63) is 71.3 Å². The summed E-state index contributed by atoms with van der Waals surface area (Å²) in [6.07, 6.45) is -1.14. The molecule has 1 unspecified atom stereocenters. The lowest BCUT2D eigenvalue weighted by Crippen LogP contribution is -2.09. The Balaban J connectivity index is 2.40. The third kappa shape index (κ3) is 3.02. The Labute approximate surface area is 146 Å². The minimum absolute atomic E-state index is 0.394. The number of aliphatic hydroxyl groups excluding tert-OH is 1. The molecule has 0 heterocycles. The summed E-state index contributed by atoms with van der Waals surface area (Å²) in [6, 6.07) is 17.1. The smallest absolute Gasteiger partial charge is 0.338 e. The zero-order chi connectivity index (χ0) is 18.0. The number of benzene rings is 3. The van der Waals surface area contributed by atoms with Crippen LogP contribution < -0.4 is 0 Å². The van der Waals surface area contributed by atoms with Gasteiger partial charge in [-0.2, -0.15) is 0 Å². The van der Waals surface area contributed by atoms with Crippen molar-refractivity contribution in [3.63, 3.8) is 0 Å². The molecule has 1 atom stereocenters. The van der Waals surface area contributed by atoms with E-state index in [4.69, 9.17) is 9.47 Å². The van der Waals surface area contributed by atoms with Crippen molar-refractivity contribution in [1.82, 2.24) is 0 Å². The van der Waals surface area contributed by atoms with Crippen LogP contribution in [0.2, 0.25) is 0 Å². The molecule has 0 spiro atoms. The molecule has 0 saturated carbocycles. The monoisotopic (exact) mass is 336 g/mol. The molecular weight excluding hydrogens is 316 g/mol. The molecule has 1 N–H and O–H groups in total. The van der Waals surface area contributed by atoms with E-state index in [0.717, 1.165) is 21.9 Å². The van der Waals surface area contributed by atoms with Crippen LogP contribution in [0.3, 0.4) is 0 Å². The first-order chi connectivity index (χ1) is 12.1. The van der Waals surface area contributed by atoms with Crippen LogP contribution in [0.15, 0.2) is 54.6 Å². The van der Waals surface area contributed by atoms with Crippen molar-refractivity contribution in [2.75, 3.05) is 14.2 Å². The van der Waals surface area contributed by atoms with E-state index in [-0.39, 0.29) is 0 Å². The second-order valence-corrected chi connectivity index (χ2v) is 5.83. The van der Waals surface area contributed by atoms with Gasteiger partial charge in [-0.3, -0.25) is 0 Å². The fourth-order valence-electron chi connectivity index (χ4n) is 3.15. The van der Waals surface area contributed by atoms with E-state index in [1.807, 2.05) is 43.3 Å². The highest BCUT2D eigenvalue weighted by atomic mass is 16.6. The van der Waals surface area contributed by atoms with Gasteiger partial charge in [0.25, 0.3) is 0 Å². The van der Waals surface area contributed by atoms with E-state index in [0.29, 0.717) is 16.7 Å². The second kappa shape index (κ2) is 7.05. The first-order valence-corrected chi connectivity index (χ1v) is 7.99. The van der Waals surface area contributed by atoms with Crippen LogP contribution in [0.1, 0.15) is 27.8 Å². The number of esters is 1. The Kier molecular flexibility index (Phi) is 4.83. The maximum atomic E-state index is 12.3. The summed E-state index contributed by atoms with van der Waals surface area (Å²) in [4.78, 5) is 12.3. The van der Waals surface area contributed by atoms with Crippen molar-refractivity contribution < 1.29 is 19.4 Å². The highest BCUT2D eigenvalue weighted by Crippen LogP contribution is 2.37. The van der Waals surface area contributed by atoms with Gasteiger partial charge in [0.05, 0.1) is 12.7 Å². The van der Waals surface area contributed by atoms with Crippen LogP contribution in [0.4, 0.5) is 0 Å². The molecule has 0 saturated heterocycles. The Bertz CT molecular complexity index is 930. The molecule has 4 heteroatoms. The molecular formula is C21H20O4. The molecule has 3 aromatic rings. The molecule has 0 radical (unpaired) electrons. The number of aryl methyl sites for hydroxylation is 1. The molecule has 0 fully saturated rings. The average molecular weight is 336 g/mol. The summed E-state index contributed by atoms with van der Waals surface area (Å²) in [7, 11) is 2.77. The fraction of sp³-hybridized carbons (Fsp3) is 0.190. The van der Waals surface area contributed by atoms with Crippen LogP contribution in [-0.4, -0.2) is 25.3 Å². The quantitative estimate of drug-likeness (QED) is 0.572. The molecule has 0 amide bonds. The molecule has 3 aromatic carbocycles. The summed E-state index contributed by atoms with van der Waals surface area (Å²) in [5, 5.41) is 12.4. The van der Waals surface area contributed by atoms with Crippen LogP contribution in [0.25, 0.3) is 21.9 Å². The first-order valence-electron chi connectivity index (χ1n) is 7.99. The molecule has 3 rings (SSSR count). The topological polar surface area (TPSA) is 55.8 Å². The van der Waals surface area contributed by atoms with E-state index in [1.54, 1.807) is 18.2 Å². The molecule has 0 aliphatic heterocycles. The van der Waals surface area contributed by atoms with Crippen molar-refractivity contribution in [3.8, 4) is 11.1 Å². The van der Waals surface area contributed by atoms with Crippen LogP contribution in [0.5, 0.6) is 0 Å². The van der Waals surface area contributed by atoms with E-state index in [2.05, 4.69) is 0 Å². The average Bonchev–Trinajstić information content (AvgIpc) is 2.67. The lowest BCUT2D eigenvalue weighted by Gasteiger charge is -2.19. The fourth-order valence-corrected chi connectivity index (χ4v) is 3.15. The predicted molar refractivity (Wildman–Crippen MR) is 97.4 cm³/mol. The van der Waals surface area contributed by atoms with Gasteiger partial charge in [-0.05, 0) is 34.9 Å². The lowest BCUT2D eigenvalue weighted by molar-refractivity contribution is -0.0765. The predicted octanol–water partition coefficient (Wildman–Crippen LogP) is 4.24. The van der Waals surface area contributed by atoms with Crippen LogP contribution in [0, 0.1) is 6.92 Å². The number of ether oxygens (including phenoxy) is 2. The normalized spacial score (nSPS) is 12.2. The van der Waals surface area contributed by atoms with Crippen molar-refractivity contribution >= 4 is 16.7 Å². The van der Waals surface area contributed by atoms with Gasteiger partial charge in [-0.15, -0.1) is 0 Å². The largest absolute Gasteiger partial charge is 0.465 e. The van der Waals surface area contributed by atoms with E-state index >= 15 is 0 Å². The van der Waals surface area contributed by atoms with Gasteiger partial charge in [0.1, 0.15) is 0 Å². The van der Waals surface area contributed by atoms with Gasteiger partial charge in [-0.25, -0.2) is 4.79 Å². The number of methoxy groups -OCH3 is 2. The number of rotatable bonds is 4. The summed E-state index contributed by atoms with van der Waals surface area (Å²) in [6.45, 7) is 2.04. The molecule has 0 aliphatic rings. The highest BCUT2D eigenvalue weighted by Gasteiger charge is 2.22. The van der Waals surface area contributed by atoms with Gasteiger partial charge in [0.2, 0.25) is 0 Å². The number of carbonyl (C=O) groups is 1. The number of fused-ring (bicyclic) bond motifs is 1. The van der Waals surface area contributed by atoms with Crippen molar-refractivity contribution in [1.29, 1.82) is 0 Å². The molecule has 0 aromatic heterocycles. The van der Waals surface area contributed by atoms with Gasteiger partial charge in [0.15, 0.2) is 6.29 Å². The zero-order valence-corrected chi connectivity index (χ0v) is 14.4. The Morgan fingerprint density at radius 3 is 2.36 bits per heavy atom. The third-order valence-electron chi connectivity index (χ3n) is 4.40. The van der Waals surface area contributed by atoms with Gasteiger partial charge < -0.3 is 14.6 Å². The number of carbonyl (C=O) groups excluding carboxylic acids is 1. The second-order valence-electron chi connectivity index (χ2n) is 5.83. The van der Waals surface area contributed by atoms with Crippen molar-refractivity contribution in [2.45, 2.75) is 13.2 Å². The Morgan fingerprint density at radius 2 is 1.68 bits per heavy atom. The molecule has 0 bridgehead atoms. The standard InChI is InChI=1S/C21H20O4/c1-13-11-12-16(15-8-5-4-7-14(13)15)19-17(20(22)24-2)9-6-10-18(19)21(23)25-3/h4-12,20,22H,1-3H3. The molecule has 128 valence electrons. The van der Waals surface area contributed by atoms with E-state index < -0.39 is 12.3 Å². The summed E-state index contributed by atoms with van der Waals surface area (Å²) < 4.78 is 10.0.